The van der Waals surface area contributed by atoms with E-state index in [4.69, 9.17) is 4.74 Å². The zero-order chi connectivity index (χ0) is 9.53. The lowest BCUT2D eigenvalue weighted by molar-refractivity contribution is -0.205. The molecular weight excluding hydrogens is 163 g/mol. The summed E-state index contributed by atoms with van der Waals surface area (Å²) in [5.74, 6) is -0.553. The SMILES string of the molecule is CC1(C)C[B]C2CCCC2(O)OC1. The topological polar surface area (TPSA) is 29.5 Å². The van der Waals surface area contributed by atoms with Crippen molar-refractivity contribution in [2.75, 3.05) is 6.61 Å². The zero-order valence-electron chi connectivity index (χ0n) is 8.55. The van der Waals surface area contributed by atoms with Gasteiger partial charge in [0.1, 0.15) is 7.28 Å². The van der Waals surface area contributed by atoms with Crippen LogP contribution in [-0.4, -0.2) is 24.8 Å². The van der Waals surface area contributed by atoms with E-state index in [1.54, 1.807) is 0 Å². The molecule has 1 aliphatic heterocycles. The van der Waals surface area contributed by atoms with Crippen LogP contribution in [0.4, 0.5) is 0 Å². The molecule has 1 heterocycles. The van der Waals surface area contributed by atoms with E-state index < -0.39 is 5.79 Å². The third-order valence-electron chi connectivity index (χ3n) is 3.30. The van der Waals surface area contributed by atoms with Gasteiger partial charge in [0, 0.05) is 6.42 Å². The molecule has 3 heteroatoms. The van der Waals surface area contributed by atoms with Gasteiger partial charge in [0.15, 0.2) is 5.79 Å². The Bertz CT molecular complexity index is 205. The minimum atomic E-state index is -0.826. The van der Waals surface area contributed by atoms with Gasteiger partial charge in [-0.3, -0.25) is 0 Å². The van der Waals surface area contributed by atoms with Crippen LogP contribution in [0.1, 0.15) is 33.1 Å². The summed E-state index contributed by atoms with van der Waals surface area (Å²) in [6.45, 7) is 5.05. The van der Waals surface area contributed by atoms with Gasteiger partial charge < -0.3 is 9.84 Å². The molecule has 2 nitrogen and oxygen atoms in total. The van der Waals surface area contributed by atoms with E-state index in [1.165, 1.54) is 0 Å². The summed E-state index contributed by atoms with van der Waals surface area (Å²) >= 11 is 0. The first kappa shape index (κ1) is 9.54. The van der Waals surface area contributed by atoms with Crippen molar-refractivity contribution in [3.8, 4) is 0 Å². The van der Waals surface area contributed by atoms with Gasteiger partial charge in [-0.25, -0.2) is 0 Å². The van der Waals surface area contributed by atoms with E-state index in [0.29, 0.717) is 6.61 Å². The van der Waals surface area contributed by atoms with Crippen LogP contribution < -0.4 is 0 Å². The maximum Gasteiger partial charge on any atom is 0.161 e. The number of aliphatic hydroxyl groups is 1. The Labute approximate surface area is 80.9 Å². The van der Waals surface area contributed by atoms with E-state index in [1.807, 2.05) is 0 Å². The Morgan fingerprint density at radius 1 is 1.46 bits per heavy atom. The molecule has 2 atom stereocenters. The molecule has 2 fully saturated rings. The van der Waals surface area contributed by atoms with Crippen LogP contribution in [0, 0.1) is 5.41 Å². The van der Waals surface area contributed by atoms with Crippen LogP contribution in [0.25, 0.3) is 0 Å². The predicted octanol–water partition coefficient (Wildman–Crippen LogP) is 1.83. The minimum absolute atomic E-state index is 0.195. The standard InChI is InChI=1S/C10H18BO2/c1-9(2)6-11-8-4-3-5-10(8,12)13-7-9/h8,12H,3-7H2,1-2H3. The van der Waals surface area contributed by atoms with E-state index in [2.05, 4.69) is 21.1 Å². The smallest absolute Gasteiger partial charge is 0.161 e. The van der Waals surface area contributed by atoms with Gasteiger partial charge >= 0.3 is 0 Å². The second-order valence-electron chi connectivity index (χ2n) is 5.24. The Balaban J connectivity index is 2.11. The largest absolute Gasteiger partial charge is 0.366 e. The van der Waals surface area contributed by atoms with Crippen LogP contribution in [-0.2, 0) is 4.74 Å². The van der Waals surface area contributed by atoms with Crippen molar-refractivity contribution in [1.29, 1.82) is 0 Å². The molecular formula is C10H18BO2. The molecule has 0 spiro atoms. The lowest BCUT2D eigenvalue weighted by atomic mass is 9.55. The molecule has 2 unspecified atom stereocenters. The van der Waals surface area contributed by atoms with Crippen LogP contribution in [0.2, 0.25) is 12.1 Å². The first-order chi connectivity index (χ1) is 6.02. The molecule has 1 radical (unpaired) electrons. The van der Waals surface area contributed by atoms with Crippen LogP contribution in [0.3, 0.4) is 0 Å². The molecule has 0 aromatic heterocycles. The van der Waals surface area contributed by atoms with Gasteiger partial charge in [-0.1, -0.05) is 26.6 Å². The summed E-state index contributed by atoms with van der Waals surface area (Å²) in [6, 6.07) is 0. The van der Waals surface area contributed by atoms with Gasteiger partial charge in [0.25, 0.3) is 0 Å². The number of rotatable bonds is 0. The van der Waals surface area contributed by atoms with Crippen molar-refractivity contribution in [3.63, 3.8) is 0 Å². The monoisotopic (exact) mass is 181 g/mol. The highest BCUT2D eigenvalue weighted by Gasteiger charge is 2.45. The summed E-state index contributed by atoms with van der Waals surface area (Å²) in [5, 5.41) is 10.2. The van der Waals surface area contributed by atoms with Crippen molar-refractivity contribution < 1.29 is 9.84 Å². The Morgan fingerprint density at radius 3 is 3.00 bits per heavy atom. The van der Waals surface area contributed by atoms with Gasteiger partial charge in [-0.15, -0.1) is 0 Å². The molecule has 0 aromatic carbocycles. The summed E-state index contributed by atoms with van der Waals surface area (Å²) in [5.41, 5.74) is 0.195. The third-order valence-corrected chi connectivity index (χ3v) is 3.30. The first-order valence-corrected chi connectivity index (χ1v) is 5.22. The summed E-state index contributed by atoms with van der Waals surface area (Å²) in [7, 11) is 2.26. The van der Waals surface area contributed by atoms with E-state index >= 15 is 0 Å². The normalized spacial score (nSPS) is 43.5. The van der Waals surface area contributed by atoms with Crippen molar-refractivity contribution in [1.82, 2.24) is 0 Å². The van der Waals surface area contributed by atoms with Gasteiger partial charge in [-0.05, 0) is 17.7 Å². The van der Waals surface area contributed by atoms with E-state index in [9.17, 15) is 5.11 Å². The summed E-state index contributed by atoms with van der Waals surface area (Å²) in [6.07, 6.45) is 4.05. The molecule has 0 bridgehead atoms. The Kier molecular flexibility index (Phi) is 2.19. The molecule has 1 saturated carbocycles. The highest BCUT2D eigenvalue weighted by atomic mass is 16.6. The predicted molar refractivity (Wildman–Crippen MR) is 52.8 cm³/mol. The van der Waals surface area contributed by atoms with E-state index in [0.717, 1.165) is 25.6 Å². The van der Waals surface area contributed by atoms with Gasteiger partial charge in [-0.2, -0.15) is 0 Å². The number of hydrogen-bond donors (Lipinski definition) is 1. The highest BCUT2D eigenvalue weighted by molar-refractivity contribution is 6.38. The fraction of sp³-hybridized carbons (Fsp3) is 1.00. The van der Waals surface area contributed by atoms with Crippen molar-refractivity contribution in [2.24, 2.45) is 5.41 Å². The number of fused-ring (bicyclic) bond motifs is 1. The molecule has 0 amide bonds. The fourth-order valence-electron chi connectivity index (χ4n) is 2.31. The lowest BCUT2D eigenvalue weighted by Crippen LogP contribution is -2.34. The minimum Gasteiger partial charge on any atom is -0.366 e. The van der Waals surface area contributed by atoms with Crippen molar-refractivity contribution in [2.45, 2.75) is 51.0 Å². The average Bonchev–Trinajstić information content (AvgIpc) is 2.37. The Morgan fingerprint density at radius 2 is 2.23 bits per heavy atom. The molecule has 13 heavy (non-hydrogen) atoms. The van der Waals surface area contributed by atoms with Crippen molar-refractivity contribution >= 4 is 7.28 Å². The van der Waals surface area contributed by atoms with Gasteiger partial charge in [0.2, 0.25) is 0 Å². The lowest BCUT2D eigenvalue weighted by Gasteiger charge is -2.29. The maximum atomic E-state index is 10.2. The quantitative estimate of drug-likeness (QED) is 0.577. The Hall–Kier alpha value is -0.0151. The average molecular weight is 181 g/mol. The zero-order valence-corrected chi connectivity index (χ0v) is 8.55. The fourth-order valence-corrected chi connectivity index (χ4v) is 2.31. The summed E-state index contributed by atoms with van der Waals surface area (Å²) < 4.78 is 5.65. The molecule has 1 saturated heterocycles. The first-order valence-electron chi connectivity index (χ1n) is 5.22. The number of hydrogen-bond acceptors (Lipinski definition) is 2. The van der Waals surface area contributed by atoms with Gasteiger partial charge in [0.05, 0.1) is 6.61 Å². The van der Waals surface area contributed by atoms with Crippen LogP contribution >= 0.6 is 0 Å². The molecule has 1 N–H and O–H groups in total. The second kappa shape index (κ2) is 2.99. The number of ether oxygens (including phenoxy) is 1. The molecule has 0 aromatic rings. The third kappa shape index (κ3) is 1.77. The second-order valence-corrected chi connectivity index (χ2v) is 5.24. The molecule has 73 valence electrons. The van der Waals surface area contributed by atoms with E-state index in [-0.39, 0.29) is 11.2 Å². The highest BCUT2D eigenvalue weighted by Crippen LogP contribution is 2.45. The van der Waals surface area contributed by atoms with Crippen LogP contribution in [0.15, 0.2) is 0 Å². The molecule has 2 aliphatic rings. The van der Waals surface area contributed by atoms with Crippen LogP contribution in [0.5, 0.6) is 0 Å². The van der Waals surface area contributed by atoms with Crippen molar-refractivity contribution in [3.05, 3.63) is 0 Å². The molecule has 1 aliphatic carbocycles. The maximum absolute atomic E-state index is 10.2. The summed E-state index contributed by atoms with van der Waals surface area (Å²) in [4.78, 5) is 0. The molecule has 2 rings (SSSR count).